The van der Waals surface area contributed by atoms with Crippen LogP contribution in [0.15, 0.2) is 77.7 Å². The van der Waals surface area contributed by atoms with Crippen molar-refractivity contribution in [3.8, 4) is 5.75 Å². The van der Waals surface area contributed by atoms with Gasteiger partial charge < -0.3 is 10.1 Å². The molecule has 0 aliphatic heterocycles. The van der Waals surface area contributed by atoms with E-state index >= 15 is 0 Å². The molecule has 1 amide bonds. The van der Waals surface area contributed by atoms with Gasteiger partial charge in [0.1, 0.15) is 12.3 Å². The van der Waals surface area contributed by atoms with E-state index in [1.807, 2.05) is 13.8 Å². The first kappa shape index (κ1) is 24.8. The maximum atomic E-state index is 13.6. The Hall–Kier alpha value is -3.32. The summed E-state index contributed by atoms with van der Waals surface area (Å²) in [5.74, 6) is 0.0195. The molecule has 0 radical (unpaired) electrons. The van der Waals surface area contributed by atoms with Gasteiger partial charge in [-0.1, -0.05) is 48.5 Å². The summed E-state index contributed by atoms with van der Waals surface area (Å²) in [5.41, 5.74) is 4.07. The van der Waals surface area contributed by atoms with Gasteiger partial charge in [-0.2, -0.15) is 0 Å². The molecule has 4 rings (SSSR count). The second-order valence-electron chi connectivity index (χ2n) is 8.75. The number of hydrogen-bond acceptors (Lipinski definition) is 4. The summed E-state index contributed by atoms with van der Waals surface area (Å²) in [6.07, 6.45) is 4.55. The van der Waals surface area contributed by atoms with Crippen LogP contribution in [0.5, 0.6) is 5.75 Å². The molecule has 1 atom stereocenters. The van der Waals surface area contributed by atoms with Crippen LogP contribution in [0.25, 0.3) is 0 Å². The number of benzene rings is 3. The first-order chi connectivity index (χ1) is 16.9. The van der Waals surface area contributed by atoms with Crippen molar-refractivity contribution in [2.45, 2.75) is 50.5 Å². The first-order valence-corrected chi connectivity index (χ1v) is 13.5. The molecule has 0 saturated carbocycles. The van der Waals surface area contributed by atoms with Crippen molar-refractivity contribution in [1.29, 1.82) is 0 Å². The minimum absolute atomic E-state index is 0.113. The highest BCUT2D eigenvalue weighted by molar-refractivity contribution is 7.92. The molecule has 35 heavy (non-hydrogen) atoms. The maximum Gasteiger partial charge on any atom is 0.264 e. The minimum Gasteiger partial charge on any atom is -0.492 e. The number of carbonyl (C=O) groups is 1. The number of amides is 1. The predicted molar refractivity (Wildman–Crippen MR) is 138 cm³/mol. The summed E-state index contributed by atoms with van der Waals surface area (Å²) in [4.78, 5) is 13.3. The Morgan fingerprint density at radius 1 is 0.971 bits per heavy atom. The van der Waals surface area contributed by atoms with Crippen molar-refractivity contribution in [3.05, 3.63) is 89.5 Å². The van der Waals surface area contributed by atoms with Crippen LogP contribution in [0, 0.1) is 0 Å². The molecule has 0 saturated heterocycles. The van der Waals surface area contributed by atoms with E-state index in [9.17, 15) is 13.2 Å². The third kappa shape index (κ3) is 5.68. The molecule has 0 fully saturated rings. The lowest BCUT2D eigenvalue weighted by Gasteiger charge is -2.27. The summed E-state index contributed by atoms with van der Waals surface area (Å²) in [7, 11) is -4.01. The SMILES string of the molecule is CCOc1ccccc1N(CC(=O)NC(C)c1ccc2c(c1)CCCC2)S(=O)(=O)c1ccccc1. The van der Waals surface area contributed by atoms with Crippen LogP contribution in [0.1, 0.15) is 49.4 Å². The summed E-state index contributed by atoms with van der Waals surface area (Å²) in [5, 5.41) is 2.99. The molecule has 0 heterocycles. The summed E-state index contributed by atoms with van der Waals surface area (Å²) in [6, 6.07) is 21.1. The fraction of sp³-hybridized carbons (Fsp3) is 0.321. The van der Waals surface area contributed by atoms with Crippen LogP contribution < -0.4 is 14.4 Å². The summed E-state index contributed by atoms with van der Waals surface area (Å²) >= 11 is 0. The Balaban J connectivity index is 1.60. The van der Waals surface area contributed by atoms with Crippen LogP contribution in [0.3, 0.4) is 0 Å². The van der Waals surface area contributed by atoms with Gasteiger partial charge >= 0.3 is 0 Å². The zero-order valence-electron chi connectivity index (χ0n) is 20.2. The van der Waals surface area contributed by atoms with Crippen molar-refractivity contribution >= 4 is 21.6 Å². The molecule has 1 unspecified atom stereocenters. The third-order valence-electron chi connectivity index (χ3n) is 6.30. The Labute approximate surface area is 208 Å². The normalized spacial score (nSPS) is 14.0. The van der Waals surface area contributed by atoms with Gasteiger partial charge in [-0.15, -0.1) is 0 Å². The zero-order chi connectivity index (χ0) is 24.8. The van der Waals surface area contributed by atoms with E-state index in [-0.39, 0.29) is 23.4 Å². The Kier molecular flexibility index (Phi) is 7.76. The number of fused-ring (bicyclic) bond motifs is 1. The number of para-hydroxylation sites is 2. The van der Waals surface area contributed by atoms with E-state index in [1.165, 1.54) is 36.1 Å². The smallest absolute Gasteiger partial charge is 0.264 e. The Morgan fingerprint density at radius 2 is 1.66 bits per heavy atom. The molecule has 184 valence electrons. The number of nitrogens with one attached hydrogen (secondary N) is 1. The van der Waals surface area contributed by atoms with Gasteiger partial charge in [-0.05, 0) is 80.5 Å². The number of anilines is 1. The zero-order valence-corrected chi connectivity index (χ0v) is 21.1. The van der Waals surface area contributed by atoms with Crippen molar-refractivity contribution in [3.63, 3.8) is 0 Å². The number of aryl methyl sites for hydroxylation is 2. The van der Waals surface area contributed by atoms with Crippen LogP contribution in [0.4, 0.5) is 5.69 Å². The van der Waals surface area contributed by atoms with Gasteiger partial charge in [0.2, 0.25) is 5.91 Å². The lowest BCUT2D eigenvalue weighted by Crippen LogP contribution is -2.41. The van der Waals surface area contributed by atoms with Crippen LogP contribution in [-0.2, 0) is 27.7 Å². The van der Waals surface area contributed by atoms with Gasteiger partial charge in [0.25, 0.3) is 10.0 Å². The van der Waals surface area contributed by atoms with Crippen molar-refractivity contribution in [1.82, 2.24) is 5.32 Å². The van der Waals surface area contributed by atoms with Gasteiger partial charge in [0, 0.05) is 0 Å². The number of carbonyl (C=O) groups excluding carboxylic acids is 1. The highest BCUT2D eigenvalue weighted by atomic mass is 32.2. The lowest BCUT2D eigenvalue weighted by molar-refractivity contribution is -0.120. The standard InChI is InChI=1S/C28H32N2O4S/c1-3-34-27-16-10-9-15-26(27)30(35(32,33)25-13-5-4-6-14-25)20-28(31)29-21(2)23-18-17-22-11-7-8-12-24(22)19-23/h4-6,9-10,13-19,21H,3,7-8,11-12,20H2,1-2H3,(H,29,31). The Bertz CT molecular complexity index is 1280. The molecule has 3 aromatic rings. The van der Waals surface area contributed by atoms with E-state index in [1.54, 1.807) is 42.5 Å². The number of rotatable bonds is 9. The maximum absolute atomic E-state index is 13.6. The fourth-order valence-corrected chi connectivity index (χ4v) is 5.94. The molecule has 6 nitrogen and oxygen atoms in total. The molecule has 7 heteroatoms. The van der Waals surface area contributed by atoms with Gasteiger partial charge in [-0.3, -0.25) is 9.10 Å². The molecule has 1 N–H and O–H groups in total. The number of sulfonamides is 1. The highest BCUT2D eigenvalue weighted by Gasteiger charge is 2.29. The summed E-state index contributed by atoms with van der Waals surface area (Å²) < 4.78 is 34.1. The number of ether oxygens (including phenoxy) is 1. The van der Waals surface area contributed by atoms with E-state index in [0.717, 1.165) is 22.7 Å². The molecule has 0 aromatic heterocycles. The molecular weight excluding hydrogens is 460 g/mol. The van der Waals surface area contributed by atoms with Crippen molar-refractivity contribution in [2.75, 3.05) is 17.5 Å². The highest BCUT2D eigenvalue weighted by Crippen LogP contribution is 2.32. The van der Waals surface area contributed by atoms with Crippen LogP contribution in [0.2, 0.25) is 0 Å². The lowest BCUT2D eigenvalue weighted by atomic mass is 9.89. The van der Waals surface area contributed by atoms with E-state index in [4.69, 9.17) is 4.74 Å². The molecule has 3 aromatic carbocycles. The van der Waals surface area contributed by atoms with Crippen molar-refractivity contribution < 1.29 is 17.9 Å². The molecule has 0 spiro atoms. The summed E-state index contributed by atoms with van der Waals surface area (Å²) in [6.45, 7) is 3.76. The quantitative estimate of drug-likeness (QED) is 0.454. The van der Waals surface area contributed by atoms with Gasteiger partial charge in [0.05, 0.1) is 23.2 Å². The molecule has 1 aliphatic carbocycles. The van der Waals surface area contributed by atoms with Crippen LogP contribution in [-0.4, -0.2) is 27.5 Å². The van der Waals surface area contributed by atoms with Gasteiger partial charge in [-0.25, -0.2) is 8.42 Å². The minimum atomic E-state index is -4.01. The van der Waals surface area contributed by atoms with E-state index in [2.05, 4.69) is 23.5 Å². The fourth-order valence-electron chi connectivity index (χ4n) is 4.48. The molecule has 0 bridgehead atoms. The second-order valence-corrected chi connectivity index (χ2v) is 10.6. The largest absolute Gasteiger partial charge is 0.492 e. The predicted octanol–water partition coefficient (Wildman–Crippen LogP) is 5.04. The van der Waals surface area contributed by atoms with Crippen LogP contribution >= 0.6 is 0 Å². The van der Waals surface area contributed by atoms with Gasteiger partial charge in [0.15, 0.2) is 0 Å². The molecular formula is C28H32N2O4S. The second kappa shape index (κ2) is 11.0. The average Bonchev–Trinajstić information content (AvgIpc) is 2.88. The Morgan fingerprint density at radius 3 is 2.40 bits per heavy atom. The number of nitrogens with zero attached hydrogens (tertiary/aromatic N) is 1. The monoisotopic (exact) mass is 492 g/mol. The van der Waals surface area contributed by atoms with E-state index in [0.29, 0.717) is 18.0 Å². The van der Waals surface area contributed by atoms with E-state index < -0.39 is 10.0 Å². The third-order valence-corrected chi connectivity index (χ3v) is 8.08. The first-order valence-electron chi connectivity index (χ1n) is 12.1. The average molecular weight is 493 g/mol. The van der Waals surface area contributed by atoms with Crippen molar-refractivity contribution in [2.24, 2.45) is 0 Å². The topological polar surface area (TPSA) is 75.7 Å². The molecule has 1 aliphatic rings. The number of hydrogen-bond donors (Lipinski definition) is 1.